The minimum Gasteiger partial charge on any atom is -0.460 e. The van der Waals surface area contributed by atoms with E-state index in [0.717, 1.165) is 0 Å². The molecule has 0 aliphatic carbocycles. The molecule has 1 N–H and O–H groups in total. The van der Waals surface area contributed by atoms with Crippen molar-refractivity contribution >= 4 is 5.97 Å². The molecule has 0 spiro atoms. The van der Waals surface area contributed by atoms with Gasteiger partial charge in [-0.1, -0.05) is 0 Å². The van der Waals surface area contributed by atoms with E-state index < -0.39 is 17.6 Å². The van der Waals surface area contributed by atoms with E-state index in [1.807, 2.05) is 0 Å². The lowest BCUT2D eigenvalue weighted by Crippen LogP contribution is -2.34. The third-order valence-electron chi connectivity index (χ3n) is 1.76. The van der Waals surface area contributed by atoms with Gasteiger partial charge in [0.15, 0.2) is 0 Å². The van der Waals surface area contributed by atoms with Crippen LogP contribution >= 0.6 is 0 Å². The molecule has 13 heavy (non-hydrogen) atoms. The van der Waals surface area contributed by atoms with E-state index in [-0.39, 0.29) is 19.2 Å². The van der Waals surface area contributed by atoms with Crippen molar-refractivity contribution in [3.63, 3.8) is 0 Å². The van der Waals surface area contributed by atoms with Gasteiger partial charge in [0.2, 0.25) is 0 Å². The topological polar surface area (TPSA) is 55.8 Å². The van der Waals surface area contributed by atoms with Gasteiger partial charge in [-0.05, 0) is 20.8 Å². The fourth-order valence-corrected chi connectivity index (χ4v) is 1.15. The molecule has 1 saturated heterocycles. The molecule has 4 nitrogen and oxygen atoms in total. The monoisotopic (exact) mass is 188 g/mol. The number of ether oxygens (including phenoxy) is 2. The third-order valence-corrected chi connectivity index (χ3v) is 1.76. The first-order chi connectivity index (χ1) is 5.90. The Bertz CT molecular complexity index is 194. The maximum atomic E-state index is 11.4. The van der Waals surface area contributed by atoms with E-state index in [0.29, 0.717) is 0 Å². The van der Waals surface area contributed by atoms with Crippen molar-refractivity contribution in [2.24, 2.45) is 5.92 Å². The molecule has 1 heterocycles. The molecule has 0 aromatic heterocycles. The zero-order valence-electron chi connectivity index (χ0n) is 8.24. The fourth-order valence-electron chi connectivity index (χ4n) is 1.15. The van der Waals surface area contributed by atoms with Gasteiger partial charge in [0.05, 0.1) is 19.3 Å². The first kappa shape index (κ1) is 10.5. The van der Waals surface area contributed by atoms with Crippen molar-refractivity contribution in [3.8, 4) is 0 Å². The molecular formula is C9H16O4. The normalized spacial score (nSPS) is 28.9. The Balaban J connectivity index is 2.48. The van der Waals surface area contributed by atoms with E-state index in [1.54, 1.807) is 20.8 Å². The van der Waals surface area contributed by atoms with Gasteiger partial charge in [-0.15, -0.1) is 0 Å². The van der Waals surface area contributed by atoms with Crippen LogP contribution in [0.3, 0.4) is 0 Å². The molecule has 76 valence electrons. The Labute approximate surface area is 77.8 Å². The van der Waals surface area contributed by atoms with Crippen LogP contribution < -0.4 is 0 Å². The summed E-state index contributed by atoms with van der Waals surface area (Å²) < 4.78 is 10.1. The van der Waals surface area contributed by atoms with Crippen molar-refractivity contribution in [3.05, 3.63) is 0 Å². The minimum atomic E-state index is -0.713. The number of carbonyl (C=O) groups excluding carboxylic acids is 1. The average Bonchev–Trinajstić information content (AvgIpc) is 2.30. The highest BCUT2D eigenvalue weighted by Gasteiger charge is 2.35. The Kier molecular flexibility index (Phi) is 2.93. The number of esters is 1. The van der Waals surface area contributed by atoms with Gasteiger partial charge in [-0.3, -0.25) is 4.79 Å². The summed E-state index contributed by atoms with van der Waals surface area (Å²) in [4.78, 5) is 11.4. The van der Waals surface area contributed by atoms with Crippen LogP contribution in [0.4, 0.5) is 0 Å². The highest BCUT2D eigenvalue weighted by atomic mass is 16.6. The molecule has 0 aromatic rings. The van der Waals surface area contributed by atoms with Crippen molar-refractivity contribution < 1.29 is 19.4 Å². The molecule has 4 heteroatoms. The summed E-state index contributed by atoms with van der Waals surface area (Å²) in [5.74, 6) is -0.892. The van der Waals surface area contributed by atoms with E-state index in [9.17, 15) is 9.90 Å². The van der Waals surface area contributed by atoms with E-state index >= 15 is 0 Å². The first-order valence-corrected chi connectivity index (χ1v) is 4.39. The van der Waals surface area contributed by atoms with Gasteiger partial charge < -0.3 is 14.6 Å². The quantitative estimate of drug-likeness (QED) is 0.603. The lowest BCUT2D eigenvalue weighted by molar-refractivity contribution is -0.162. The van der Waals surface area contributed by atoms with E-state index in [2.05, 4.69) is 0 Å². The number of hydrogen-bond donors (Lipinski definition) is 1. The van der Waals surface area contributed by atoms with Crippen molar-refractivity contribution in [1.82, 2.24) is 0 Å². The van der Waals surface area contributed by atoms with Gasteiger partial charge in [-0.25, -0.2) is 0 Å². The largest absolute Gasteiger partial charge is 0.460 e. The lowest BCUT2D eigenvalue weighted by Gasteiger charge is -2.22. The molecule has 0 bridgehead atoms. The Hall–Kier alpha value is -0.610. The van der Waals surface area contributed by atoms with Crippen LogP contribution in [-0.2, 0) is 14.3 Å². The fraction of sp³-hybridized carbons (Fsp3) is 0.889. The lowest BCUT2D eigenvalue weighted by atomic mass is 10.1. The highest BCUT2D eigenvalue weighted by molar-refractivity contribution is 5.74. The van der Waals surface area contributed by atoms with Gasteiger partial charge in [0, 0.05) is 0 Å². The zero-order chi connectivity index (χ0) is 10.1. The average molecular weight is 188 g/mol. The summed E-state index contributed by atoms with van der Waals surface area (Å²) in [6.07, 6.45) is -0.713. The smallest absolute Gasteiger partial charge is 0.314 e. The summed E-state index contributed by atoms with van der Waals surface area (Å²) in [6, 6.07) is 0. The van der Waals surface area contributed by atoms with Gasteiger partial charge in [0.25, 0.3) is 0 Å². The first-order valence-electron chi connectivity index (χ1n) is 4.39. The SMILES string of the molecule is CC(C)(C)OC(=O)[C@@H]1COC[C@H]1O. The number of carbonyl (C=O) groups is 1. The maximum absolute atomic E-state index is 11.4. The molecule has 1 rings (SSSR count). The van der Waals surface area contributed by atoms with Crippen molar-refractivity contribution in [2.45, 2.75) is 32.5 Å². The summed E-state index contributed by atoms with van der Waals surface area (Å²) in [5.41, 5.74) is -0.501. The standard InChI is InChI=1S/C9H16O4/c1-9(2,3)13-8(11)6-4-12-5-7(6)10/h6-7,10H,4-5H2,1-3H3/t6-,7-/m1/s1. The molecule has 0 aromatic carbocycles. The van der Waals surface area contributed by atoms with Crippen LogP contribution in [0.25, 0.3) is 0 Å². The maximum Gasteiger partial charge on any atom is 0.314 e. The number of rotatable bonds is 1. The second kappa shape index (κ2) is 3.64. The van der Waals surface area contributed by atoms with Crippen molar-refractivity contribution in [1.29, 1.82) is 0 Å². The number of hydrogen-bond acceptors (Lipinski definition) is 4. The number of aliphatic hydroxyl groups is 1. The molecular weight excluding hydrogens is 172 g/mol. The molecule has 1 aliphatic rings. The number of aliphatic hydroxyl groups excluding tert-OH is 1. The second-order valence-electron chi connectivity index (χ2n) is 4.24. The molecule has 0 unspecified atom stereocenters. The Morgan fingerprint density at radius 3 is 2.46 bits per heavy atom. The predicted octanol–water partition coefficient (Wildman–Crippen LogP) is 0.335. The van der Waals surface area contributed by atoms with Crippen LogP contribution in [-0.4, -0.2) is 36.0 Å². The van der Waals surface area contributed by atoms with Crippen LogP contribution in [0, 0.1) is 5.92 Å². The van der Waals surface area contributed by atoms with Gasteiger partial charge >= 0.3 is 5.97 Å². The van der Waals surface area contributed by atoms with Crippen LogP contribution in [0.2, 0.25) is 0 Å². The highest BCUT2D eigenvalue weighted by Crippen LogP contribution is 2.18. The molecule has 0 amide bonds. The van der Waals surface area contributed by atoms with Gasteiger partial charge in [-0.2, -0.15) is 0 Å². The Morgan fingerprint density at radius 1 is 1.46 bits per heavy atom. The van der Waals surface area contributed by atoms with Crippen LogP contribution in [0.1, 0.15) is 20.8 Å². The minimum absolute atomic E-state index is 0.226. The summed E-state index contributed by atoms with van der Waals surface area (Å²) >= 11 is 0. The van der Waals surface area contributed by atoms with Crippen LogP contribution in [0.15, 0.2) is 0 Å². The molecule has 1 aliphatic heterocycles. The summed E-state index contributed by atoms with van der Waals surface area (Å²) in [5, 5.41) is 9.33. The van der Waals surface area contributed by atoms with Crippen LogP contribution in [0.5, 0.6) is 0 Å². The molecule has 0 radical (unpaired) electrons. The third kappa shape index (κ3) is 2.97. The van der Waals surface area contributed by atoms with E-state index in [1.165, 1.54) is 0 Å². The molecule has 2 atom stereocenters. The van der Waals surface area contributed by atoms with Crippen molar-refractivity contribution in [2.75, 3.05) is 13.2 Å². The summed E-state index contributed by atoms with van der Waals surface area (Å²) in [6.45, 7) is 5.88. The molecule has 0 saturated carbocycles. The van der Waals surface area contributed by atoms with Gasteiger partial charge in [0.1, 0.15) is 11.5 Å². The summed E-state index contributed by atoms with van der Waals surface area (Å²) in [7, 11) is 0. The second-order valence-corrected chi connectivity index (χ2v) is 4.24. The zero-order valence-corrected chi connectivity index (χ0v) is 8.24. The predicted molar refractivity (Wildman–Crippen MR) is 46.2 cm³/mol. The van der Waals surface area contributed by atoms with E-state index in [4.69, 9.17) is 9.47 Å². The Morgan fingerprint density at radius 2 is 2.08 bits per heavy atom. The molecule has 1 fully saturated rings.